The number of hydrogen-bond donors (Lipinski definition) is 0. The molecule has 0 unspecified atom stereocenters. The molecule has 0 aromatic carbocycles. The quantitative estimate of drug-likeness (QED) is 0.619. The average Bonchev–Trinajstić information content (AvgIpc) is 0.918. The molecule has 1 radical (unpaired) electrons. The van der Waals surface area contributed by atoms with Gasteiger partial charge in [-0.05, 0) is 0 Å². The van der Waals surface area contributed by atoms with Crippen LogP contribution in [0.4, 0.5) is 0 Å². The van der Waals surface area contributed by atoms with Gasteiger partial charge in [-0.2, -0.15) is 0 Å². The third-order valence-corrected chi connectivity index (χ3v) is 0. The Bertz CT molecular complexity index is 27.0. The first-order chi connectivity index (χ1) is 1.41. The molecule has 0 atom stereocenters. The summed E-state index contributed by atoms with van der Waals surface area (Å²) >= 11 is -0.583. The van der Waals surface area contributed by atoms with Gasteiger partial charge in [-0.3, -0.25) is 0 Å². The molecule has 0 heterocycles. The van der Waals surface area contributed by atoms with E-state index in [1.807, 2.05) is 0 Å². The molecule has 0 aromatic heterocycles. The molecule has 4 heteroatoms. The second-order valence-electron chi connectivity index (χ2n) is 0.0680. The van der Waals surface area contributed by atoms with E-state index in [1.165, 1.54) is 0 Å². The third-order valence-electron chi connectivity index (χ3n) is 0. The van der Waals surface area contributed by atoms with E-state index < -0.39 is 14.9 Å². The summed E-state index contributed by atoms with van der Waals surface area (Å²) in [6.45, 7) is 0. The maximum atomic E-state index is 4.38. The second kappa shape index (κ2) is 8.82. The van der Waals surface area contributed by atoms with Gasteiger partial charge >= 0.3 is 34.6 Å². The standard InChI is InChI=1S/Mn.2S.W. The van der Waals surface area contributed by atoms with E-state index in [0.29, 0.717) is 0 Å². The first kappa shape index (κ1) is 9.17. The van der Waals surface area contributed by atoms with Crippen molar-refractivity contribution in [3.8, 4) is 0 Å². The fraction of sp³-hybridized carbons (Fsp3) is 0. The summed E-state index contributed by atoms with van der Waals surface area (Å²) in [4.78, 5) is 0. The molecule has 0 aromatic rings. The van der Waals surface area contributed by atoms with Gasteiger partial charge in [0.2, 0.25) is 0 Å². The van der Waals surface area contributed by atoms with E-state index in [2.05, 4.69) is 19.6 Å². The summed E-state index contributed by atoms with van der Waals surface area (Å²) in [6, 6.07) is 0. The van der Waals surface area contributed by atoms with Gasteiger partial charge in [0.25, 0.3) is 0 Å². The van der Waals surface area contributed by atoms with Gasteiger partial charge < -0.3 is 0 Å². The Morgan fingerprint density at radius 1 is 1.25 bits per heavy atom. The van der Waals surface area contributed by atoms with Gasteiger partial charge in [0.05, 0.1) is 0 Å². The maximum absolute atomic E-state index is 4.38. The summed E-state index contributed by atoms with van der Waals surface area (Å²) in [6.07, 6.45) is 0. The van der Waals surface area contributed by atoms with E-state index in [0.717, 1.165) is 0 Å². The van der Waals surface area contributed by atoms with Crippen molar-refractivity contribution < 1.29 is 32.0 Å². The molecule has 0 spiro atoms. The molecule has 0 fully saturated rings. The summed E-state index contributed by atoms with van der Waals surface area (Å²) in [5.74, 6) is 0. The molecule has 0 rings (SSSR count). The predicted octanol–water partition coefficient (Wildman–Crippen LogP) is 1.29. The topological polar surface area (TPSA) is 0 Å². The summed E-state index contributed by atoms with van der Waals surface area (Å²) < 4.78 is 0. The fourth-order valence-electron chi connectivity index (χ4n) is 0. The van der Waals surface area contributed by atoms with Crippen LogP contribution in [0.2, 0.25) is 0 Å². The fourth-order valence-corrected chi connectivity index (χ4v) is 0. The molecule has 0 bridgehead atoms. The molecule has 0 saturated carbocycles. The molecular formula is MnS2W. The van der Waals surface area contributed by atoms with Gasteiger partial charge in [0.15, 0.2) is 0 Å². The van der Waals surface area contributed by atoms with Crippen LogP contribution in [0.15, 0.2) is 0 Å². The summed E-state index contributed by atoms with van der Waals surface area (Å²) in [7, 11) is 8.75. The minimum atomic E-state index is -0.583. The Labute approximate surface area is 51.2 Å². The zero-order valence-electron chi connectivity index (χ0n) is 1.60. The van der Waals surface area contributed by atoms with Gasteiger partial charge in [-0.15, -0.1) is 0 Å². The van der Waals surface area contributed by atoms with Gasteiger partial charge in [-0.1, -0.05) is 0 Å². The van der Waals surface area contributed by atoms with Crippen molar-refractivity contribution in [2.24, 2.45) is 0 Å². The van der Waals surface area contributed by atoms with Crippen LogP contribution >= 0.6 is 19.6 Å². The SMILES string of the molecule is [Mn].[S]=[W]=[S]. The van der Waals surface area contributed by atoms with E-state index in [4.69, 9.17) is 0 Å². The predicted molar refractivity (Wildman–Crippen MR) is 15.2 cm³/mol. The van der Waals surface area contributed by atoms with Crippen LogP contribution in [-0.2, 0) is 32.0 Å². The Morgan fingerprint density at radius 2 is 1.25 bits per heavy atom. The van der Waals surface area contributed by atoms with Crippen LogP contribution in [-0.4, -0.2) is 0 Å². The molecule has 0 nitrogen and oxygen atoms in total. The molecule has 0 amide bonds. The number of hydrogen-bond acceptors (Lipinski definition) is 2. The molecule has 0 aliphatic heterocycles. The minimum absolute atomic E-state index is 0. The Morgan fingerprint density at radius 3 is 1.25 bits per heavy atom. The van der Waals surface area contributed by atoms with Crippen molar-refractivity contribution in [1.82, 2.24) is 0 Å². The van der Waals surface area contributed by atoms with Crippen molar-refractivity contribution in [1.29, 1.82) is 0 Å². The van der Waals surface area contributed by atoms with Gasteiger partial charge in [-0.25, -0.2) is 0 Å². The zero-order chi connectivity index (χ0) is 2.71. The van der Waals surface area contributed by atoms with Crippen molar-refractivity contribution in [2.75, 3.05) is 0 Å². The van der Waals surface area contributed by atoms with Gasteiger partial charge in [0, 0.05) is 17.1 Å². The second-order valence-corrected chi connectivity index (χ2v) is 5.01. The van der Waals surface area contributed by atoms with Crippen molar-refractivity contribution in [3.05, 3.63) is 0 Å². The van der Waals surface area contributed by atoms with Gasteiger partial charge in [0.1, 0.15) is 0 Å². The monoisotopic (exact) mass is 303 g/mol. The Balaban J connectivity index is 0. The van der Waals surface area contributed by atoms with Crippen LogP contribution < -0.4 is 0 Å². The van der Waals surface area contributed by atoms with Crippen LogP contribution in [0.25, 0.3) is 0 Å². The van der Waals surface area contributed by atoms with Crippen molar-refractivity contribution >= 4 is 19.6 Å². The van der Waals surface area contributed by atoms with Crippen molar-refractivity contribution in [3.63, 3.8) is 0 Å². The van der Waals surface area contributed by atoms with E-state index in [-0.39, 0.29) is 17.1 Å². The molecule has 0 aliphatic rings. The Hall–Kier alpha value is 1.65. The van der Waals surface area contributed by atoms with Crippen molar-refractivity contribution in [2.45, 2.75) is 0 Å². The summed E-state index contributed by atoms with van der Waals surface area (Å²) in [5.41, 5.74) is 0. The molecular weight excluding hydrogens is 303 g/mol. The molecule has 0 aliphatic carbocycles. The van der Waals surface area contributed by atoms with Crippen LogP contribution in [0, 0.1) is 0 Å². The average molecular weight is 303 g/mol. The van der Waals surface area contributed by atoms with Crippen LogP contribution in [0.1, 0.15) is 0 Å². The van der Waals surface area contributed by atoms with E-state index in [9.17, 15) is 0 Å². The molecule has 0 saturated heterocycles. The Kier molecular flexibility index (Phi) is 20.2. The molecule has 25 valence electrons. The zero-order valence-corrected chi connectivity index (χ0v) is 7.35. The van der Waals surface area contributed by atoms with E-state index in [1.54, 1.807) is 0 Å². The molecule has 0 N–H and O–H groups in total. The normalized spacial score (nSPS) is 3.00. The number of rotatable bonds is 0. The van der Waals surface area contributed by atoms with Crippen LogP contribution in [0.5, 0.6) is 0 Å². The van der Waals surface area contributed by atoms with Crippen LogP contribution in [0.3, 0.4) is 0 Å². The molecule has 4 heavy (non-hydrogen) atoms. The van der Waals surface area contributed by atoms with E-state index >= 15 is 0 Å². The first-order valence-corrected chi connectivity index (χ1v) is 8.19. The summed E-state index contributed by atoms with van der Waals surface area (Å²) in [5, 5.41) is 0. The third kappa shape index (κ3) is 9.42. The first-order valence-electron chi connectivity index (χ1n) is 0.333.